The van der Waals surface area contributed by atoms with Gasteiger partial charge in [-0.25, -0.2) is 4.39 Å². The molecule has 1 aromatic carbocycles. The van der Waals surface area contributed by atoms with E-state index in [1.807, 2.05) is 0 Å². The van der Waals surface area contributed by atoms with Gasteiger partial charge in [-0.1, -0.05) is 0 Å². The van der Waals surface area contributed by atoms with Crippen LogP contribution in [0.2, 0.25) is 0 Å². The van der Waals surface area contributed by atoms with E-state index in [0.717, 1.165) is 5.69 Å². The Bertz CT molecular complexity index is 181. The van der Waals surface area contributed by atoms with Gasteiger partial charge in [0.1, 0.15) is 5.82 Å². The predicted molar refractivity (Wildman–Crippen MR) is 35.4 cm³/mol. The van der Waals surface area contributed by atoms with E-state index in [0.29, 0.717) is 0 Å². The lowest BCUT2D eigenvalue weighted by Gasteiger charge is -1.95. The highest BCUT2D eigenvalue weighted by molar-refractivity contribution is 5.42. The second kappa shape index (κ2) is 2.49. The van der Waals surface area contributed by atoms with Crippen molar-refractivity contribution in [2.24, 2.45) is 0 Å². The minimum atomic E-state index is -0.228. The van der Waals surface area contributed by atoms with E-state index in [1.165, 1.54) is 12.1 Å². The fourth-order valence-corrected chi connectivity index (χ4v) is 0.568. The number of benzene rings is 1. The molecular formula is C7H7FN. The molecule has 0 bridgehead atoms. The van der Waals surface area contributed by atoms with Crippen molar-refractivity contribution in [3.63, 3.8) is 0 Å². The zero-order valence-corrected chi connectivity index (χ0v) is 4.89. The number of hydrogen-bond donors (Lipinski definition) is 1. The standard InChI is InChI=1S/C7H7FN/c1-9-7-4-2-6(8)3-5-7/h2-5,9H,1H2. The molecule has 0 unspecified atom stereocenters. The van der Waals surface area contributed by atoms with Crippen molar-refractivity contribution in [3.05, 3.63) is 37.1 Å². The average molecular weight is 124 g/mol. The van der Waals surface area contributed by atoms with E-state index in [1.54, 1.807) is 12.1 Å². The Labute approximate surface area is 53.5 Å². The first kappa shape index (κ1) is 6.08. The molecule has 47 valence electrons. The summed E-state index contributed by atoms with van der Waals surface area (Å²) in [5.41, 5.74) is 0.816. The molecule has 0 heterocycles. The van der Waals surface area contributed by atoms with Crippen LogP contribution in [-0.2, 0) is 0 Å². The molecule has 0 aliphatic heterocycles. The molecule has 2 heteroatoms. The Balaban J connectivity index is 2.88. The van der Waals surface area contributed by atoms with Gasteiger partial charge in [0, 0.05) is 12.7 Å². The average Bonchev–Trinajstić information content (AvgIpc) is 1.90. The highest BCUT2D eigenvalue weighted by atomic mass is 19.1. The fraction of sp³-hybridized carbons (Fsp3) is 0. The Morgan fingerprint density at radius 3 is 2.22 bits per heavy atom. The normalized spacial score (nSPS) is 9.11. The maximum absolute atomic E-state index is 12.2. The first-order valence-corrected chi connectivity index (χ1v) is 2.61. The van der Waals surface area contributed by atoms with E-state index in [9.17, 15) is 4.39 Å². The van der Waals surface area contributed by atoms with E-state index >= 15 is 0 Å². The molecule has 0 amide bonds. The van der Waals surface area contributed by atoms with Gasteiger partial charge in [0.15, 0.2) is 0 Å². The fourth-order valence-electron chi connectivity index (χ4n) is 0.568. The van der Waals surface area contributed by atoms with E-state index in [4.69, 9.17) is 0 Å². The zero-order valence-electron chi connectivity index (χ0n) is 4.89. The number of nitrogens with one attached hydrogen (secondary N) is 1. The molecule has 1 nitrogen and oxygen atoms in total. The van der Waals surface area contributed by atoms with Crippen LogP contribution in [0.15, 0.2) is 24.3 Å². The lowest BCUT2D eigenvalue weighted by Crippen LogP contribution is -1.82. The molecule has 1 N–H and O–H groups in total. The van der Waals surface area contributed by atoms with Gasteiger partial charge in [-0.05, 0) is 24.3 Å². The van der Waals surface area contributed by atoms with Crippen LogP contribution in [0.1, 0.15) is 0 Å². The minimum Gasteiger partial charge on any atom is -0.383 e. The van der Waals surface area contributed by atoms with E-state index in [-0.39, 0.29) is 5.82 Å². The van der Waals surface area contributed by atoms with Crippen LogP contribution in [0.5, 0.6) is 0 Å². The van der Waals surface area contributed by atoms with Gasteiger partial charge in [0.25, 0.3) is 0 Å². The smallest absolute Gasteiger partial charge is 0.123 e. The van der Waals surface area contributed by atoms with Crippen molar-refractivity contribution in [2.75, 3.05) is 5.32 Å². The van der Waals surface area contributed by atoms with E-state index < -0.39 is 0 Å². The lowest BCUT2D eigenvalue weighted by molar-refractivity contribution is 0.628. The van der Waals surface area contributed by atoms with Crippen LogP contribution in [0, 0.1) is 12.9 Å². The maximum Gasteiger partial charge on any atom is 0.123 e. The Morgan fingerprint density at radius 2 is 1.78 bits per heavy atom. The molecule has 0 atom stereocenters. The van der Waals surface area contributed by atoms with Gasteiger partial charge >= 0.3 is 0 Å². The predicted octanol–water partition coefficient (Wildman–Crippen LogP) is 2.03. The molecule has 1 rings (SSSR count). The van der Waals surface area contributed by atoms with Gasteiger partial charge in [0.2, 0.25) is 0 Å². The number of halogens is 1. The third-order valence-corrected chi connectivity index (χ3v) is 1.05. The molecule has 1 radical (unpaired) electrons. The quantitative estimate of drug-likeness (QED) is 0.604. The lowest BCUT2D eigenvalue weighted by atomic mass is 10.3. The van der Waals surface area contributed by atoms with Gasteiger partial charge in [-0.3, -0.25) is 0 Å². The van der Waals surface area contributed by atoms with Crippen molar-refractivity contribution >= 4 is 5.69 Å². The third kappa shape index (κ3) is 1.42. The maximum atomic E-state index is 12.2. The van der Waals surface area contributed by atoms with Crippen molar-refractivity contribution in [1.29, 1.82) is 0 Å². The van der Waals surface area contributed by atoms with Crippen molar-refractivity contribution in [1.82, 2.24) is 0 Å². The van der Waals surface area contributed by atoms with Crippen LogP contribution in [0.4, 0.5) is 10.1 Å². The Kier molecular flexibility index (Phi) is 1.68. The topological polar surface area (TPSA) is 12.0 Å². The number of hydrogen-bond acceptors (Lipinski definition) is 1. The van der Waals surface area contributed by atoms with Crippen LogP contribution in [0.3, 0.4) is 0 Å². The van der Waals surface area contributed by atoms with Crippen LogP contribution in [-0.4, -0.2) is 0 Å². The number of anilines is 1. The summed E-state index contributed by atoms with van der Waals surface area (Å²) in [4.78, 5) is 0. The summed E-state index contributed by atoms with van der Waals surface area (Å²) in [5, 5.41) is 2.64. The minimum absolute atomic E-state index is 0.228. The molecule has 0 saturated heterocycles. The summed E-state index contributed by atoms with van der Waals surface area (Å²) < 4.78 is 12.2. The van der Waals surface area contributed by atoms with Crippen LogP contribution in [0.25, 0.3) is 0 Å². The molecule has 0 aromatic heterocycles. The molecule has 0 saturated carbocycles. The molecule has 1 aromatic rings. The summed E-state index contributed by atoms with van der Waals surface area (Å²) >= 11 is 0. The summed E-state index contributed by atoms with van der Waals surface area (Å²) in [5.74, 6) is -0.228. The number of rotatable bonds is 1. The SMILES string of the molecule is [CH2]Nc1ccc(F)cc1. The Morgan fingerprint density at radius 1 is 1.22 bits per heavy atom. The van der Waals surface area contributed by atoms with E-state index in [2.05, 4.69) is 12.4 Å². The summed E-state index contributed by atoms with van der Waals surface area (Å²) in [6, 6.07) is 6.02. The molecule has 0 aliphatic rings. The first-order chi connectivity index (χ1) is 4.33. The summed E-state index contributed by atoms with van der Waals surface area (Å²) in [6.45, 7) is 0. The molecule has 0 spiro atoms. The summed E-state index contributed by atoms with van der Waals surface area (Å²) in [7, 11) is 3.41. The van der Waals surface area contributed by atoms with Crippen molar-refractivity contribution in [3.8, 4) is 0 Å². The van der Waals surface area contributed by atoms with Crippen LogP contribution >= 0.6 is 0 Å². The zero-order chi connectivity index (χ0) is 6.69. The first-order valence-electron chi connectivity index (χ1n) is 2.61. The largest absolute Gasteiger partial charge is 0.383 e. The van der Waals surface area contributed by atoms with Crippen molar-refractivity contribution in [2.45, 2.75) is 0 Å². The van der Waals surface area contributed by atoms with Gasteiger partial charge in [0.05, 0.1) is 0 Å². The monoisotopic (exact) mass is 124 g/mol. The molecular weight excluding hydrogens is 117 g/mol. The Hall–Kier alpha value is -1.05. The second-order valence-electron chi connectivity index (χ2n) is 1.68. The third-order valence-electron chi connectivity index (χ3n) is 1.05. The molecule has 0 fully saturated rings. The van der Waals surface area contributed by atoms with Crippen molar-refractivity contribution < 1.29 is 4.39 Å². The highest BCUT2D eigenvalue weighted by Crippen LogP contribution is 2.06. The molecule has 9 heavy (non-hydrogen) atoms. The van der Waals surface area contributed by atoms with Gasteiger partial charge in [-0.15, -0.1) is 0 Å². The van der Waals surface area contributed by atoms with Gasteiger partial charge in [-0.2, -0.15) is 0 Å². The van der Waals surface area contributed by atoms with Gasteiger partial charge < -0.3 is 5.32 Å². The van der Waals surface area contributed by atoms with Crippen LogP contribution < -0.4 is 5.32 Å². The summed E-state index contributed by atoms with van der Waals surface area (Å²) in [6.07, 6.45) is 0. The second-order valence-corrected chi connectivity index (χ2v) is 1.68. The highest BCUT2D eigenvalue weighted by Gasteiger charge is 1.86. The molecule has 0 aliphatic carbocycles.